The minimum absolute atomic E-state index is 0.183. The fourth-order valence-corrected chi connectivity index (χ4v) is 4.19. The predicted molar refractivity (Wildman–Crippen MR) is 127 cm³/mol. The second-order valence-electron chi connectivity index (χ2n) is 9.31. The third-order valence-corrected chi connectivity index (χ3v) is 6.17. The minimum Gasteiger partial charge on any atom is -0.493 e. The number of allylic oxidation sites excluding steroid dienone is 1. The van der Waals surface area contributed by atoms with E-state index in [9.17, 15) is 4.39 Å². The molecule has 31 heavy (non-hydrogen) atoms. The molecule has 0 radical (unpaired) electrons. The molecule has 2 aromatic rings. The first-order chi connectivity index (χ1) is 14.9. The zero-order chi connectivity index (χ0) is 22.2. The average Bonchev–Trinajstić information content (AvgIpc) is 2.77. The average molecular weight is 425 g/mol. The van der Waals surface area contributed by atoms with Gasteiger partial charge >= 0.3 is 0 Å². The number of hydrogen-bond donors (Lipinski definition) is 1. The van der Waals surface area contributed by atoms with Crippen LogP contribution in [0.2, 0.25) is 0 Å². The van der Waals surface area contributed by atoms with Crippen molar-refractivity contribution in [2.24, 2.45) is 17.8 Å². The third kappa shape index (κ3) is 7.39. The Bertz CT molecular complexity index is 808. The zero-order valence-electron chi connectivity index (χ0n) is 19.2. The summed E-state index contributed by atoms with van der Waals surface area (Å²) in [5, 5.41) is 3.59. The molecule has 1 aliphatic heterocycles. The van der Waals surface area contributed by atoms with E-state index in [2.05, 4.69) is 49.8 Å². The van der Waals surface area contributed by atoms with E-state index in [1.54, 1.807) is 12.1 Å². The third-order valence-electron chi connectivity index (χ3n) is 6.17. The van der Waals surface area contributed by atoms with Gasteiger partial charge in [-0.25, -0.2) is 4.39 Å². The van der Waals surface area contributed by atoms with Crippen LogP contribution in [0.15, 0.2) is 60.8 Å². The Morgan fingerprint density at radius 2 is 1.68 bits per heavy atom. The second kappa shape index (κ2) is 11.3. The van der Waals surface area contributed by atoms with Crippen LogP contribution in [0.3, 0.4) is 0 Å². The number of halogens is 1. The lowest BCUT2D eigenvalue weighted by atomic mass is 9.79. The van der Waals surface area contributed by atoms with E-state index in [1.165, 1.54) is 24.0 Å². The maximum atomic E-state index is 13.4. The van der Waals surface area contributed by atoms with Gasteiger partial charge in [0.05, 0.1) is 6.61 Å². The lowest BCUT2D eigenvalue weighted by molar-refractivity contribution is 0.180. The van der Waals surface area contributed by atoms with Crippen LogP contribution in [-0.4, -0.2) is 31.6 Å². The summed E-state index contributed by atoms with van der Waals surface area (Å²) in [6.07, 6.45) is 3.23. The van der Waals surface area contributed by atoms with Gasteiger partial charge in [-0.3, -0.25) is 0 Å². The Morgan fingerprint density at radius 3 is 2.29 bits per heavy atom. The molecular weight excluding hydrogens is 387 g/mol. The standard InChI is InChI=1S/C27H37FN2O/c1-20(2)19-31-26-11-7-23(8-12-26)18-29-21(3)27(24-13-15-30(4)16-14-24)17-22-5-9-25(28)10-6-22/h5-12,20,24,27,29H,3,13-19H2,1-2,4H3. The highest BCUT2D eigenvalue weighted by molar-refractivity contribution is 5.28. The molecule has 1 N–H and O–H groups in total. The van der Waals surface area contributed by atoms with Crippen LogP contribution in [0, 0.1) is 23.6 Å². The van der Waals surface area contributed by atoms with Gasteiger partial charge in [0.15, 0.2) is 0 Å². The van der Waals surface area contributed by atoms with Crippen molar-refractivity contribution in [1.82, 2.24) is 10.2 Å². The van der Waals surface area contributed by atoms with E-state index in [0.29, 0.717) is 17.8 Å². The summed E-state index contributed by atoms with van der Waals surface area (Å²) in [5.41, 5.74) is 3.46. The number of likely N-dealkylation sites (tertiary alicyclic amines) is 1. The summed E-state index contributed by atoms with van der Waals surface area (Å²) in [5.74, 6) is 2.18. The van der Waals surface area contributed by atoms with Crippen molar-refractivity contribution >= 4 is 0 Å². The molecule has 1 unspecified atom stereocenters. The molecular formula is C27H37FN2O. The smallest absolute Gasteiger partial charge is 0.123 e. The van der Waals surface area contributed by atoms with Crippen molar-refractivity contribution in [3.8, 4) is 5.75 Å². The van der Waals surface area contributed by atoms with Crippen LogP contribution >= 0.6 is 0 Å². The normalized spacial score (nSPS) is 16.3. The van der Waals surface area contributed by atoms with Gasteiger partial charge in [0.25, 0.3) is 0 Å². The number of benzene rings is 2. The van der Waals surface area contributed by atoms with E-state index in [0.717, 1.165) is 44.1 Å². The van der Waals surface area contributed by atoms with E-state index in [1.807, 2.05) is 24.3 Å². The Kier molecular flexibility index (Phi) is 8.53. The van der Waals surface area contributed by atoms with Crippen LogP contribution < -0.4 is 10.1 Å². The van der Waals surface area contributed by atoms with Crippen molar-refractivity contribution < 1.29 is 9.13 Å². The van der Waals surface area contributed by atoms with Crippen molar-refractivity contribution in [1.29, 1.82) is 0 Å². The molecule has 0 spiro atoms. The van der Waals surface area contributed by atoms with Gasteiger partial charge in [0.1, 0.15) is 11.6 Å². The SMILES string of the molecule is C=C(NCc1ccc(OCC(C)C)cc1)C(Cc1ccc(F)cc1)C1CCN(C)CC1. The summed E-state index contributed by atoms with van der Waals surface area (Å²) in [6, 6.07) is 15.2. The number of hydrogen-bond acceptors (Lipinski definition) is 3. The number of nitrogens with one attached hydrogen (secondary N) is 1. The molecule has 0 aromatic heterocycles. The van der Waals surface area contributed by atoms with E-state index < -0.39 is 0 Å². The molecule has 1 saturated heterocycles. The van der Waals surface area contributed by atoms with Gasteiger partial charge in [-0.2, -0.15) is 0 Å². The predicted octanol–water partition coefficient (Wildman–Crippen LogP) is 5.66. The van der Waals surface area contributed by atoms with E-state index >= 15 is 0 Å². The summed E-state index contributed by atoms with van der Waals surface area (Å²) in [4.78, 5) is 2.39. The van der Waals surface area contributed by atoms with E-state index in [4.69, 9.17) is 4.74 Å². The number of ether oxygens (including phenoxy) is 1. The van der Waals surface area contributed by atoms with Crippen LogP contribution in [0.1, 0.15) is 37.8 Å². The lowest BCUT2D eigenvalue weighted by Gasteiger charge is -2.35. The van der Waals surface area contributed by atoms with Gasteiger partial charge in [0, 0.05) is 18.2 Å². The molecule has 2 aromatic carbocycles. The molecule has 1 fully saturated rings. The molecule has 4 heteroatoms. The first kappa shape index (κ1) is 23.3. The summed E-state index contributed by atoms with van der Waals surface area (Å²) in [7, 11) is 2.19. The molecule has 0 aliphatic carbocycles. The number of piperidine rings is 1. The van der Waals surface area contributed by atoms with E-state index in [-0.39, 0.29) is 5.82 Å². The summed E-state index contributed by atoms with van der Waals surface area (Å²) >= 11 is 0. The first-order valence-corrected chi connectivity index (χ1v) is 11.5. The quantitative estimate of drug-likeness (QED) is 0.532. The Morgan fingerprint density at radius 1 is 1.06 bits per heavy atom. The fraction of sp³-hybridized carbons (Fsp3) is 0.481. The topological polar surface area (TPSA) is 24.5 Å². The van der Waals surface area contributed by atoms with Crippen molar-refractivity contribution in [3.63, 3.8) is 0 Å². The number of rotatable bonds is 10. The molecule has 0 amide bonds. The highest BCUT2D eigenvalue weighted by Gasteiger charge is 2.27. The maximum Gasteiger partial charge on any atom is 0.123 e. The van der Waals surface area contributed by atoms with Crippen molar-refractivity contribution in [3.05, 3.63) is 77.8 Å². The maximum absolute atomic E-state index is 13.4. The monoisotopic (exact) mass is 424 g/mol. The molecule has 3 nitrogen and oxygen atoms in total. The molecule has 0 saturated carbocycles. The largest absolute Gasteiger partial charge is 0.493 e. The molecule has 1 aliphatic rings. The van der Waals surface area contributed by atoms with Gasteiger partial charge in [0.2, 0.25) is 0 Å². The Hall–Kier alpha value is -2.33. The molecule has 1 atom stereocenters. The van der Waals surface area contributed by atoms with Crippen LogP contribution in [0.25, 0.3) is 0 Å². The fourth-order valence-electron chi connectivity index (χ4n) is 4.19. The van der Waals surface area contributed by atoms with Crippen LogP contribution in [0.4, 0.5) is 4.39 Å². The minimum atomic E-state index is -0.183. The van der Waals surface area contributed by atoms with Gasteiger partial charge in [-0.15, -0.1) is 0 Å². The molecule has 3 rings (SSSR count). The lowest BCUT2D eigenvalue weighted by Crippen LogP contribution is -2.36. The van der Waals surface area contributed by atoms with Crippen molar-refractivity contribution in [2.45, 2.75) is 39.7 Å². The van der Waals surface area contributed by atoms with Gasteiger partial charge in [-0.05, 0) is 86.6 Å². The highest BCUT2D eigenvalue weighted by Crippen LogP contribution is 2.31. The summed E-state index contributed by atoms with van der Waals surface area (Å²) in [6.45, 7) is 12.4. The molecule has 0 bridgehead atoms. The molecule has 1 heterocycles. The Balaban J connectivity index is 1.61. The summed E-state index contributed by atoms with van der Waals surface area (Å²) < 4.78 is 19.1. The zero-order valence-corrected chi connectivity index (χ0v) is 19.2. The van der Waals surface area contributed by atoms with Gasteiger partial charge in [-0.1, -0.05) is 44.7 Å². The number of nitrogens with zero attached hydrogens (tertiary/aromatic N) is 1. The molecule has 168 valence electrons. The van der Waals surface area contributed by atoms with Gasteiger partial charge < -0.3 is 15.0 Å². The first-order valence-electron chi connectivity index (χ1n) is 11.5. The van der Waals surface area contributed by atoms with Crippen LogP contribution in [0.5, 0.6) is 5.75 Å². The highest BCUT2D eigenvalue weighted by atomic mass is 19.1. The van der Waals surface area contributed by atoms with Crippen molar-refractivity contribution in [2.75, 3.05) is 26.7 Å². The van der Waals surface area contributed by atoms with Crippen LogP contribution in [-0.2, 0) is 13.0 Å². The Labute approximate surface area is 187 Å². The second-order valence-corrected chi connectivity index (χ2v) is 9.31.